The second-order valence-corrected chi connectivity index (χ2v) is 7.50. The molecule has 154 valence electrons. The molecule has 7 nitrogen and oxygen atoms in total. The van der Waals surface area contributed by atoms with E-state index in [9.17, 15) is 9.59 Å². The number of amides is 1. The zero-order valence-corrected chi connectivity index (χ0v) is 17.7. The first-order valence-electron chi connectivity index (χ1n) is 8.93. The number of carbonyl (C=O) groups excluding carboxylic acids is 2. The minimum absolute atomic E-state index is 0.123. The summed E-state index contributed by atoms with van der Waals surface area (Å²) < 4.78 is 6.57. The van der Waals surface area contributed by atoms with E-state index >= 15 is 0 Å². The molecule has 1 aromatic heterocycles. The van der Waals surface area contributed by atoms with Gasteiger partial charge in [0.25, 0.3) is 0 Å². The van der Waals surface area contributed by atoms with Gasteiger partial charge in [-0.15, -0.1) is 16.8 Å². The Labute approximate surface area is 183 Å². The molecule has 2 aromatic carbocycles. The molecule has 0 aliphatic heterocycles. The van der Waals surface area contributed by atoms with Gasteiger partial charge in [-0.2, -0.15) is 0 Å². The molecule has 0 atom stereocenters. The van der Waals surface area contributed by atoms with E-state index in [2.05, 4.69) is 22.1 Å². The van der Waals surface area contributed by atoms with Crippen LogP contribution < -0.4 is 5.32 Å². The second-order valence-electron chi connectivity index (χ2n) is 6.12. The molecule has 30 heavy (non-hydrogen) atoms. The predicted molar refractivity (Wildman–Crippen MR) is 118 cm³/mol. The van der Waals surface area contributed by atoms with Gasteiger partial charge in [0.1, 0.15) is 0 Å². The van der Waals surface area contributed by atoms with Gasteiger partial charge in [0, 0.05) is 22.8 Å². The zero-order valence-electron chi connectivity index (χ0n) is 16.2. The first-order chi connectivity index (χ1) is 14.5. The van der Waals surface area contributed by atoms with E-state index in [0.717, 1.165) is 5.56 Å². The van der Waals surface area contributed by atoms with E-state index in [1.54, 1.807) is 42.5 Å². The van der Waals surface area contributed by atoms with Gasteiger partial charge in [-0.3, -0.25) is 9.36 Å². The highest BCUT2D eigenvalue weighted by Gasteiger charge is 2.15. The highest BCUT2D eigenvalue weighted by Crippen LogP contribution is 2.25. The Morgan fingerprint density at radius 2 is 2.00 bits per heavy atom. The molecule has 1 N–H and O–H groups in total. The SMILES string of the molecule is C=CCn1c(SCC(=O)Nc2cccc(C(=O)OC)c2)nnc1-c1ccc(Cl)cc1. The molecular formula is C21H19ClN4O3S. The van der Waals surface area contributed by atoms with Crippen molar-refractivity contribution in [2.45, 2.75) is 11.7 Å². The van der Waals surface area contributed by atoms with Crippen molar-refractivity contribution in [3.63, 3.8) is 0 Å². The number of carbonyl (C=O) groups is 2. The lowest BCUT2D eigenvalue weighted by atomic mass is 10.2. The molecule has 0 saturated heterocycles. The maximum absolute atomic E-state index is 12.4. The van der Waals surface area contributed by atoms with Crippen molar-refractivity contribution in [1.29, 1.82) is 0 Å². The number of aromatic nitrogens is 3. The summed E-state index contributed by atoms with van der Waals surface area (Å²) in [6.45, 7) is 4.28. The Morgan fingerprint density at radius 1 is 1.23 bits per heavy atom. The molecule has 0 radical (unpaired) electrons. The number of methoxy groups -OCH3 is 1. The molecule has 3 aromatic rings. The third-order valence-electron chi connectivity index (χ3n) is 4.03. The number of hydrogen-bond acceptors (Lipinski definition) is 6. The van der Waals surface area contributed by atoms with Crippen LogP contribution in [0.5, 0.6) is 0 Å². The number of allylic oxidation sites excluding steroid dienone is 1. The average Bonchev–Trinajstić information content (AvgIpc) is 3.15. The van der Waals surface area contributed by atoms with E-state index < -0.39 is 5.97 Å². The van der Waals surface area contributed by atoms with E-state index in [-0.39, 0.29) is 11.7 Å². The van der Waals surface area contributed by atoms with Crippen LogP contribution in [0.1, 0.15) is 10.4 Å². The second kappa shape index (κ2) is 10.1. The van der Waals surface area contributed by atoms with Crippen LogP contribution in [0.25, 0.3) is 11.4 Å². The van der Waals surface area contributed by atoms with Crippen LogP contribution in [0, 0.1) is 0 Å². The zero-order chi connectivity index (χ0) is 21.5. The number of anilines is 1. The van der Waals surface area contributed by atoms with Gasteiger partial charge in [-0.05, 0) is 42.5 Å². The first-order valence-corrected chi connectivity index (χ1v) is 10.3. The van der Waals surface area contributed by atoms with Crippen LogP contribution in [0.15, 0.2) is 66.3 Å². The Bertz CT molecular complexity index is 1070. The average molecular weight is 443 g/mol. The molecule has 0 bridgehead atoms. The van der Waals surface area contributed by atoms with Gasteiger partial charge in [-0.1, -0.05) is 35.5 Å². The standard InChI is InChI=1S/C21H19ClN4O3S/c1-3-11-26-19(14-7-9-16(22)10-8-14)24-25-21(26)30-13-18(27)23-17-6-4-5-15(12-17)20(28)29-2/h3-10,12H,1,11,13H2,2H3,(H,23,27). The summed E-state index contributed by atoms with van der Waals surface area (Å²) in [7, 11) is 1.31. The summed E-state index contributed by atoms with van der Waals surface area (Å²) in [4.78, 5) is 24.0. The maximum atomic E-state index is 12.4. The Kier molecular flexibility index (Phi) is 7.26. The number of rotatable bonds is 8. The normalized spacial score (nSPS) is 10.5. The van der Waals surface area contributed by atoms with Crippen molar-refractivity contribution in [1.82, 2.24) is 14.8 Å². The molecular weight excluding hydrogens is 424 g/mol. The number of nitrogens with zero attached hydrogens (tertiary/aromatic N) is 3. The van der Waals surface area contributed by atoms with Gasteiger partial charge in [0.2, 0.25) is 5.91 Å². The molecule has 1 heterocycles. The van der Waals surface area contributed by atoms with Gasteiger partial charge < -0.3 is 10.1 Å². The van der Waals surface area contributed by atoms with Crippen LogP contribution in [-0.2, 0) is 16.1 Å². The van der Waals surface area contributed by atoms with Crippen LogP contribution in [0.4, 0.5) is 5.69 Å². The fourth-order valence-corrected chi connectivity index (χ4v) is 3.54. The predicted octanol–water partition coefficient (Wildman–Crippen LogP) is 4.30. The number of esters is 1. The summed E-state index contributed by atoms with van der Waals surface area (Å²) in [6, 6.07) is 13.9. The largest absolute Gasteiger partial charge is 0.465 e. The van der Waals surface area contributed by atoms with Crippen molar-refractivity contribution in [2.75, 3.05) is 18.2 Å². The molecule has 9 heteroatoms. The number of hydrogen-bond donors (Lipinski definition) is 1. The number of thioether (sulfide) groups is 1. The van der Waals surface area contributed by atoms with Crippen LogP contribution in [0.3, 0.4) is 0 Å². The lowest BCUT2D eigenvalue weighted by molar-refractivity contribution is -0.113. The van der Waals surface area contributed by atoms with Crippen molar-refractivity contribution in [2.24, 2.45) is 0 Å². The summed E-state index contributed by atoms with van der Waals surface area (Å²) >= 11 is 7.22. The Balaban J connectivity index is 1.69. The van der Waals surface area contributed by atoms with E-state index in [4.69, 9.17) is 16.3 Å². The fourth-order valence-electron chi connectivity index (χ4n) is 2.67. The smallest absolute Gasteiger partial charge is 0.337 e. The van der Waals surface area contributed by atoms with Crippen molar-refractivity contribution >= 4 is 40.9 Å². The lowest BCUT2D eigenvalue weighted by Gasteiger charge is -2.09. The van der Waals surface area contributed by atoms with Crippen LogP contribution in [0.2, 0.25) is 5.02 Å². The van der Waals surface area contributed by atoms with Gasteiger partial charge in [0.15, 0.2) is 11.0 Å². The summed E-state index contributed by atoms with van der Waals surface area (Å²) in [5.41, 5.74) is 1.74. The minimum Gasteiger partial charge on any atom is -0.465 e. The van der Waals surface area contributed by atoms with E-state index in [1.165, 1.54) is 18.9 Å². The van der Waals surface area contributed by atoms with Crippen molar-refractivity contribution in [3.05, 3.63) is 71.8 Å². The van der Waals surface area contributed by atoms with Crippen molar-refractivity contribution in [3.8, 4) is 11.4 Å². The molecule has 0 saturated carbocycles. The molecule has 0 fully saturated rings. The quantitative estimate of drug-likeness (QED) is 0.318. The topological polar surface area (TPSA) is 86.1 Å². The first kappa shape index (κ1) is 21.6. The summed E-state index contributed by atoms with van der Waals surface area (Å²) in [5, 5.41) is 12.5. The summed E-state index contributed by atoms with van der Waals surface area (Å²) in [6.07, 6.45) is 1.74. The van der Waals surface area contributed by atoms with Gasteiger partial charge in [0.05, 0.1) is 18.4 Å². The number of ether oxygens (including phenoxy) is 1. The highest BCUT2D eigenvalue weighted by atomic mass is 35.5. The lowest BCUT2D eigenvalue weighted by Crippen LogP contribution is -2.15. The van der Waals surface area contributed by atoms with Crippen molar-refractivity contribution < 1.29 is 14.3 Å². The third kappa shape index (κ3) is 5.28. The molecule has 0 aliphatic carbocycles. The molecule has 1 amide bonds. The Morgan fingerprint density at radius 3 is 2.70 bits per heavy atom. The highest BCUT2D eigenvalue weighted by molar-refractivity contribution is 7.99. The van der Waals surface area contributed by atoms with Crippen LogP contribution in [-0.4, -0.2) is 39.5 Å². The Hall–Kier alpha value is -3.10. The van der Waals surface area contributed by atoms with E-state index in [0.29, 0.717) is 33.8 Å². The number of halogens is 1. The minimum atomic E-state index is -0.465. The number of nitrogens with one attached hydrogen (secondary N) is 1. The van der Waals surface area contributed by atoms with Gasteiger partial charge in [-0.25, -0.2) is 4.79 Å². The number of benzene rings is 2. The maximum Gasteiger partial charge on any atom is 0.337 e. The van der Waals surface area contributed by atoms with E-state index in [1.807, 2.05) is 16.7 Å². The molecule has 0 aliphatic rings. The molecule has 0 spiro atoms. The van der Waals surface area contributed by atoms with Gasteiger partial charge >= 0.3 is 5.97 Å². The molecule has 0 unspecified atom stereocenters. The monoisotopic (exact) mass is 442 g/mol. The van der Waals surface area contributed by atoms with Crippen LogP contribution >= 0.6 is 23.4 Å². The molecule has 3 rings (SSSR count). The fraction of sp³-hybridized carbons (Fsp3) is 0.143. The summed E-state index contributed by atoms with van der Waals surface area (Å²) in [5.74, 6) is 0.0921. The third-order valence-corrected chi connectivity index (χ3v) is 5.25.